The zero-order chi connectivity index (χ0) is 14.5. The first-order valence-electron chi connectivity index (χ1n) is 6.21. The van der Waals surface area contributed by atoms with Crippen LogP contribution in [0, 0.1) is 6.92 Å². The summed E-state index contributed by atoms with van der Waals surface area (Å²) in [6.07, 6.45) is 0. The van der Waals surface area contributed by atoms with E-state index < -0.39 is 0 Å². The van der Waals surface area contributed by atoms with Crippen molar-refractivity contribution in [2.75, 3.05) is 5.75 Å². The third-order valence-corrected chi connectivity index (χ3v) is 5.57. The molecule has 0 aliphatic rings. The molecule has 2 nitrogen and oxygen atoms in total. The van der Waals surface area contributed by atoms with Gasteiger partial charge in [0.2, 0.25) is 0 Å². The summed E-state index contributed by atoms with van der Waals surface area (Å²) in [7, 11) is 0. The Morgan fingerprint density at radius 3 is 2.70 bits per heavy atom. The topological polar surface area (TPSA) is 38.0 Å². The monoisotopic (exact) mass is 370 g/mol. The molecule has 2 rings (SSSR count). The van der Waals surface area contributed by atoms with E-state index in [9.17, 15) is 0 Å². The van der Waals surface area contributed by atoms with Gasteiger partial charge in [0.1, 0.15) is 0 Å². The van der Waals surface area contributed by atoms with E-state index in [1.807, 2.05) is 37.3 Å². The molecule has 0 aliphatic heterocycles. The average molecular weight is 372 g/mol. The highest BCUT2D eigenvalue weighted by Gasteiger charge is 2.12. The van der Waals surface area contributed by atoms with Gasteiger partial charge in [0.15, 0.2) is 0 Å². The second-order valence-corrected chi connectivity index (χ2v) is 6.79. The molecule has 0 saturated heterocycles. The second-order valence-electron chi connectivity index (χ2n) is 4.47. The number of nitrogens with two attached hydrogens (primary N) is 1. The standard InChI is InChI=1S/C15H16BrClN2S/c1-10-6-7-11(8-13(10)17)14(19-18)9-20-15-5-3-2-4-12(15)16/h2-8,14,19H,9,18H2,1H3. The van der Waals surface area contributed by atoms with E-state index in [-0.39, 0.29) is 6.04 Å². The first kappa shape index (κ1) is 15.9. The van der Waals surface area contributed by atoms with Gasteiger partial charge in [0.05, 0.1) is 6.04 Å². The van der Waals surface area contributed by atoms with Crippen LogP contribution in [0.4, 0.5) is 0 Å². The number of hydrogen-bond acceptors (Lipinski definition) is 3. The third kappa shape index (κ3) is 3.99. The Bertz CT molecular complexity index is 592. The van der Waals surface area contributed by atoms with E-state index in [1.165, 1.54) is 4.90 Å². The summed E-state index contributed by atoms with van der Waals surface area (Å²) in [5, 5.41) is 0.772. The van der Waals surface area contributed by atoms with E-state index in [2.05, 4.69) is 33.5 Å². The van der Waals surface area contributed by atoms with Gasteiger partial charge < -0.3 is 0 Å². The smallest absolute Gasteiger partial charge is 0.0554 e. The van der Waals surface area contributed by atoms with Gasteiger partial charge >= 0.3 is 0 Å². The molecule has 5 heteroatoms. The Labute approximate surface area is 137 Å². The van der Waals surface area contributed by atoms with Gasteiger partial charge in [-0.25, -0.2) is 0 Å². The van der Waals surface area contributed by atoms with Crippen molar-refractivity contribution >= 4 is 39.3 Å². The van der Waals surface area contributed by atoms with Crippen molar-refractivity contribution in [3.8, 4) is 0 Å². The van der Waals surface area contributed by atoms with E-state index in [0.29, 0.717) is 0 Å². The molecular weight excluding hydrogens is 356 g/mol. The number of halogens is 2. The van der Waals surface area contributed by atoms with Crippen molar-refractivity contribution in [3.63, 3.8) is 0 Å². The molecule has 0 radical (unpaired) electrons. The van der Waals surface area contributed by atoms with Gasteiger partial charge in [0.25, 0.3) is 0 Å². The van der Waals surface area contributed by atoms with Crippen LogP contribution in [-0.4, -0.2) is 5.75 Å². The Balaban J connectivity index is 2.09. The molecule has 2 aromatic rings. The number of nitrogens with one attached hydrogen (secondary N) is 1. The molecule has 2 aromatic carbocycles. The maximum atomic E-state index is 6.17. The van der Waals surface area contributed by atoms with Crippen LogP contribution < -0.4 is 11.3 Å². The van der Waals surface area contributed by atoms with Crippen LogP contribution in [0.15, 0.2) is 51.8 Å². The number of benzene rings is 2. The van der Waals surface area contributed by atoms with E-state index >= 15 is 0 Å². The molecule has 1 atom stereocenters. The average Bonchev–Trinajstić information content (AvgIpc) is 2.45. The zero-order valence-electron chi connectivity index (χ0n) is 11.1. The minimum Gasteiger partial charge on any atom is -0.271 e. The summed E-state index contributed by atoms with van der Waals surface area (Å²) in [6, 6.07) is 14.3. The lowest BCUT2D eigenvalue weighted by Gasteiger charge is -2.17. The quantitative estimate of drug-likeness (QED) is 0.454. The number of thioether (sulfide) groups is 1. The first-order valence-corrected chi connectivity index (χ1v) is 8.37. The fourth-order valence-electron chi connectivity index (χ4n) is 1.80. The Morgan fingerprint density at radius 2 is 2.05 bits per heavy atom. The Kier molecular flexibility index (Phi) is 5.93. The van der Waals surface area contributed by atoms with Crippen molar-refractivity contribution in [2.24, 2.45) is 5.84 Å². The van der Waals surface area contributed by atoms with E-state index in [1.54, 1.807) is 11.8 Å². The van der Waals surface area contributed by atoms with Crippen LogP contribution in [0.2, 0.25) is 5.02 Å². The van der Waals surface area contributed by atoms with Crippen molar-refractivity contribution in [2.45, 2.75) is 17.9 Å². The van der Waals surface area contributed by atoms with Crippen molar-refractivity contribution < 1.29 is 0 Å². The number of rotatable bonds is 5. The SMILES string of the molecule is Cc1ccc(C(CSc2ccccc2Br)NN)cc1Cl. The predicted molar refractivity (Wildman–Crippen MR) is 91.1 cm³/mol. The van der Waals surface area contributed by atoms with Crippen molar-refractivity contribution in [3.05, 3.63) is 63.1 Å². The van der Waals surface area contributed by atoms with Gasteiger partial charge in [-0.15, -0.1) is 11.8 Å². The fourth-order valence-corrected chi connectivity index (χ4v) is 3.63. The van der Waals surface area contributed by atoms with Gasteiger partial charge in [0, 0.05) is 20.1 Å². The highest BCUT2D eigenvalue weighted by molar-refractivity contribution is 9.10. The normalized spacial score (nSPS) is 12.4. The van der Waals surface area contributed by atoms with Crippen molar-refractivity contribution in [1.82, 2.24) is 5.43 Å². The minimum atomic E-state index is 0.0604. The minimum absolute atomic E-state index is 0.0604. The molecule has 0 spiro atoms. The summed E-state index contributed by atoms with van der Waals surface area (Å²) < 4.78 is 1.10. The maximum Gasteiger partial charge on any atom is 0.0554 e. The number of aryl methyl sites for hydroxylation is 1. The Morgan fingerprint density at radius 1 is 1.30 bits per heavy atom. The Hall–Kier alpha value is -0.520. The first-order chi connectivity index (χ1) is 9.61. The zero-order valence-corrected chi connectivity index (χ0v) is 14.2. The number of hydrazine groups is 1. The summed E-state index contributed by atoms with van der Waals surface area (Å²) in [5.74, 6) is 6.51. The van der Waals surface area contributed by atoms with Gasteiger partial charge in [-0.05, 0) is 52.2 Å². The van der Waals surface area contributed by atoms with Crippen LogP contribution >= 0.6 is 39.3 Å². The summed E-state index contributed by atoms with van der Waals surface area (Å²) >= 11 is 11.5. The molecular formula is C15H16BrClN2S. The van der Waals surface area contributed by atoms with E-state index in [4.69, 9.17) is 17.4 Å². The van der Waals surface area contributed by atoms with Crippen LogP contribution in [-0.2, 0) is 0 Å². The number of hydrogen-bond donors (Lipinski definition) is 2. The molecule has 20 heavy (non-hydrogen) atoms. The lowest BCUT2D eigenvalue weighted by atomic mass is 10.1. The molecule has 0 saturated carbocycles. The molecule has 0 amide bonds. The molecule has 0 aromatic heterocycles. The van der Waals surface area contributed by atoms with Gasteiger partial charge in [-0.3, -0.25) is 11.3 Å². The molecule has 0 fully saturated rings. The molecule has 0 aliphatic carbocycles. The second kappa shape index (κ2) is 7.48. The van der Waals surface area contributed by atoms with Gasteiger partial charge in [-0.1, -0.05) is 35.9 Å². The highest BCUT2D eigenvalue weighted by Crippen LogP contribution is 2.31. The van der Waals surface area contributed by atoms with Gasteiger partial charge in [-0.2, -0.15) is 0 Å². The molecule has 3 N–H and O–H groups in total. The highest BCUT2D eigenvalue weighted by atomic mass is 79.9. The van der Waals surface area contributed by atoms with Crippen molar-refractivity contribution in [1.29, 1.82) is 0 Å². The van der Waals surface area contributed by atoms with Crippen LogP contribution in [0.3, 0.4) is 0 Å². The van der Waals surface area contributed by atoms with E-state index in [0.717, 1.165) is 26.4 Å². The van der Waals surface area contributed by atoms with Crippen LogP contribution in [0.5, 0.6) is 0 Å². The summed E-state index contributed by atoms with van der Waals surface area (Å²) in [5.41, 5.74) is 5.03. The predicted octanol–water partition coefficient (Wildman–Crippen LogP) is 4.71. The largest absolute Gasteiger partial charge is 0.271 e. The van der Waals surface area contributed by atoms with Crippen LogP contribution in [0.25, 0.3) is 0 Å². The van der Waals surface area contributed by atoms with Crippen LogP contribution in [0.1, 0.15) is 17.2 Å². The molecule has 1 unspecified atom stereocenters. The lowest BCUT2D eigenvalue weighted by Crippen LogP contribution is -2.29. The third-order valence-electron chi connectivity index (χ3n) is 3.04. The summed E-state index contributed by atoms with van der Waals surface area (Å²) in [4.78, 5) is 1.20. The molecule has 106 valence electrons. The maximum absolute atomic E-state index is 6.17. The lowest BCUT2D eigenvalue weighted by molar-refractivity contribution is 0.610. The molecule has 0 bridgehead atoms. The molecule has 0 heterocycles. The summed E-state index contributed by atoms with van der Waals surface area (Å²) in [6.45, 7) is 1.99. The fraction of sp³-hybridized carbons (Fsp3) is 0.200.